The highest BCUT2D eigenvalue weighted by molar-refractivity contribution is 5.95. The molecule has 128 valence electrons. The summed E-state index contributed by atoms with van der Waals surface area (Å²) in [5, 5.41) is 13.3. The number of carbonyl (C=O) groups is 1. The SMILES string of the molecule is N#Cc1ccccc1N1CCCN(C(=O)c2conc2C2CC2)CC1. The van der Waals surface area contributed by atoms with E-state index in [-0.39, 0.29) is 5.91 Å². The van der Waals surface area contributed by atoms with Gasteiger partial charge in [0.15, 0.2) is 0 Å². The van der Waals surface area contributed by atoms with Gasteiger partial charge in [-0.1, -0.05) is 17.3 Å². The van der Waals surface area contributed by atoms with Crippen LogP contribution < -0.4 is 4.90 Å². The van der Waals surface area contributed by atoms with Crippen molar-refractivity contribution in [1.29, 1.82) is 5.26 Å². The fourth-order valence-electron chi connectivity index (χ4n) is 3.43. The first-order chi connectivity index (χ1) is 12.3. The zero-order valence-corrected chi connectivity index (χ0v) is 14.0. The molecular formula is C19H20N4O2. The van der Waals surface area contributed by atoms with Crippen molar-refractivity contribution in [3.05, 3.63) is 47.3 Å². The highest BCUT2D eigenvalue weighted by Crippen LogP contribution is 2.41. The largest absolute Gasteiger partial charge is 0.369 e. The van der Waals surface area contributed by atoms with Crippen molar-refractivity contribution in [2.24, 2.45) is 0 Å². The van der Waals surface area contributed by atoms with Gasteiger partial charge in [0, 0.05) is 32.1 Å². The Balaban J connectivity index is 1.49. The average molecular weight is 336 g/mol. The summed E-state index contributed by atoms with van der Waals surface area (Å²) in [6, 6.07) is 9.89. The van der Waals surface area contributed by atoms with E-state index < -0.39 is 0 Å². The molecule has 2 heterocycles. The summed E-state index contributed by atoms with van der Waals surface area (Å²) in [5.74, 6) is 0.405. The Morgan fingerprint density at radius 3 is 2.84 bits per heavy atom. The average Bonchev–Trinajstić information content (AvgIpc) is 3.43. The molecule has 1 amide bonds. The molecule has 4 rings (SSSR count). The standard InChI is InChI=1S/C19H20N4O2/c20-12-15-4-1-2-5-17(15)22-8-3-9-23(11-10-22)19(24)16-13-25-21-18(16)14-6-7-14/h1-2,4-5,13-14H,3,6-11H2. The van der Waals surface area contributed by atoms with Gasteiger partial charge in [0.05, 0.1) is 16.9 Å². The van der Waals surface area contributed by atoms with Crippen LogP contribution in [-0.2, 0) is 0 Å². The summed E-state index contributed by atoms with van der Waals surface area (Å²) in [7, 11) is 0. The van der Waals surface area contributed by atoms with E-state index in [1.165, 1.54) is 6.26 Å². The topological polar surface area (TPSA) is 73.4 Å². The number of aromatic nitrogens is 1. The van der Waals surface area contributed by atoms with E-state index in [2.05, 4.69) is 16.1 Å². The second kappa shape index (κ2) is 6.60. The van der Waals surface area contributed by atoms with Gasteiger partial charge >= 0.3 is 0 Å². The summed E-state index contributed by atoms with van der Waals surface area (Å²) in [5.41, 5.74) is 3.06. The number of nitrogens with zero attached hydrogens (tertiary/aromatic N) is 4. The van der Waals surface area contributed by atoms with Gasteiger partial charge in [-0.05, 0) is 31.4 Å². The molecule has 1 saturated carbocycles. The van der Waals surface area contributed by atoms with E-state index in [9.17, 15) is 10.1 Å². The molecule has 0 spiro atoms. The van der Waals surface area contributed by atoms with Gasteiger partial charge in [0.1, 0.15) is 17.9 Å². The van der Waals surface area contributed by atoms with Crippen LogP contribution in [0.5, 0.6) is 0 Å². The molecular weight excluding hydrogens is 316 g/mol. The highest BCUT2D eigenvalue weighted by Gasteiger charge is 2.33. The predicted molar refractivity (Wildman–Crippen MR) is 92.4 cm³/mol. The number of benzene rings is 1. The number of para-hydroxylation sites is 1. The quantitative estimate of drug-likeness (QED) is 0.862. The summed E-state index contributed by atoms with van der Waals surface area (Å²) in [6.45, 7) is 2.89. The minimum atomic E-state index is 0.0126. The lowest BCUT2D eigenvalue weighted by atomic mass is 10.1. The molecule has 1 saturated heterocycles. The molecule has 0 atom stereocenters. The Morgan fingerprint density at radius 1 is 1.20 bits per heavy atom. The second-order valence-electron chi connectivity index (χ2n) is 6.65. The first-order valence-corrected chi connectivity index (χ1v) is 8.75. The Bertz CT molecular complexity index is 819. The van der Waals surface area contributed by atoms with Crippen LogP contribution in [0, 0.1) is 11.3 Å². The van der Waals surface area contributed by atoms with Crippen LogP contribution in [0.25, 0.3) is 0 Å². The third-order valence-electron chi connectivity index (χ3n) is 4.94. The zero-order chi connectivity index (χ0) is 17.2. The molecule has 0 bridgehead atoms. The summed E-state index contributed by atoms with van der Waals surface area (Å²) < 4.78 is 5.07. The van der Waals surface area contributed by atoms with Gasteiger partial charge in [-0.2, -0.15) is 5.26 Å². The van der Waals surface area contributed by atoms with Crippen molar-refractivity contribution < 1.29 is 9.32 Å². The number of carbonyl (C=O) groups excluding carboxylic acids is 1. The minimum absolute atomic E-state index is 0.0126. The highest BCUT2D eigenvalue weighted by atomic mass is 16.5. The molecule has 0 radical (unpaired) electrons. The van der Waals surface area contributed by atoms with Crippen LogP contribution in [-0.4, -0.2) is 42.1 Å². The fourth-order valence-corrected chi connectivity index (χ4v) is 3.43. The zero-order valence-electron chi connectivity index (χ0n) is 14.0. The summed E-state index contributed by atoms with van der Waals surface area (Å²) in [4.78, 5) is 17.0. The smallest absolute Gasteiger partial charge is 0.259 e. The Morgan fingerprint density at radius 2 is 2.04 bits per heavy atom. The molecule has 6 nitrogen and oxygen atoms in total. The molecule has 2 fully saturated rings. The molecule has 2 aromatic rings. The van der Waals surface area contributed by atoms with Crippen molar-refractivity contribution in [2.45, 2.75) is 25.2 Å². The molecule has 0 N–H and O–H groups in total. The van der Waals surface area contributed by atoms with Crippen LogP contribution in [0.2, 0.25) is 0 Å². The number of nitriles is 1. The molecule has 1 aromatic carbocycles. The Kier molecular flexibility index (Phi) is 4.14. The van der Waals surface area contributed by atoms with Crippen LogP contribution in [0.4, 0.5) is 5.69 Å². The lowest BCUT2D eigenvalue weighted by Crippen LogP contribution is -2.35. The van der Waals surface area contributed by atoms with Crippen LogP contribution in [0.1, 0.15) is 46.8 Å². The lowest BCUT2D eigenvalue weighted by molar-refractivity contribution is 0.0765. The fraction of sp³-hybridized carbons (Fsp3) is 0.421. The van der Waals surface area contributed by atoms with E-state index in [1.807, 2.05) is 29.2 Å². The normalized spacial score (nSPS) is 17.9. The van der Waals surface area contributed by atoms with Crippen LogP contribution in [0.15, 0.2) is 35.1 Å². The number of amides is 1. The molecule has 1 aliphatic carbocycles. The van der Waals surface area contributed by atoms with Crippen molar-refractivity contribution in [1.82, 2.24) is 10.1 Å². The third-order valence-corrected chi connectivity index (χ3v) is 4.94. The van der Waals surface area contributed by atoms with Gasteiger partial charge in [-0.15, -0.1) is 0 Å². The monoisotopic (exact) mass is 336 g/mol. The number of anilines is 1. The Labute approximate surface area is 146 Å². The number of hydrogen-bond acceptors (Lipinski definition) is 5. The maximum Gasteiger partial charge on any atom is 0.259 e. The van der Waals surface area contributed by atoms with Gasteiger partial charge in [0.2, 0.25) is 0 Å². The third kappa shape index (κ3) is 3.10. The van der Waals surface area contributed by atoms with E-state index in [4.69, 9.17) is 4.52 Å². The van der Waals surface area contributed by atoms with Crippen molar-refractivity contribution in [2.75, 3.05) is 31.1 Å². The molecule has 2 aliphatic rings. The van der Waals surface area contributed by atoms with Crippen molar-refractivity contribution in [3.8, 4) is 6.07 Å². The Hall–Kier alpha value is -2.81. The van der Waals surface area contributed by atoms with E-state index in [0.717, 1.165) is 37.2 Å². The van der Waals surface area contributed by atoms with Gasteiger partial charge in [-0.25, -0.2) is 0 Å². The minimum Gasteiger partial charge on any atom is -0.369 e. The lowest BCUT2D eigenvalue weighted by Gasteiger charge is -2.24. The number of rotatable bonds is 3. The molecule has 25 heavy (non-hydrogen) atoms. The van der Waals surface area contributed by atoms with Crippen molar-refractivity contribution in [3.63, 3.8) is 0 Å². The van der Waals surface area contributed by atoms with E-state index in [0.29, 0.717) is 36.7 Å². The van der Waals surface area contributed by atoms with Crippen molar-refractivity contribution >= 4 is 11.6 Å². The maximum absolute atomic E-state index is 12.9. The summed E-state index contributed by atoms with van der Waals surface area (Å²) in [6.07, 6.45) is 4.54. The van der Waals surface area contributed by atoms with E-state index in [1.54, 1.807) is 0 Å². The van der Waals surface area contributed by atoms with Gasteiger partial charge in [0.25, 0.3) is 5.91 Å². The second-order valence-corrected chi connectivity index (χ2v) is 6.65. The summed E-state index contributed by atoms with van der Waals surface area (Å²) >= 11 is 0. The molecule has 6 heteroatoms. The molecule has 1 aliphatic heterocycles. The predicted octanol–water partition coefficient (Wildman–Crippen LogP) is 2.78. The van der Waals surface area contributed by atoms with Crippen LogP contribution in [0.3, 0.4) is 0 Å². The van der Waals surface area contributed by atoms with Gasteiger partial charge < -0.3 is 14.3 Å². The van der Waals surface area contributed by atoms with Gasteiger partial charge in [-0.3, -0.25) is 4.79 Å². The van der Waals surface area contributed by atoms with Crippen LogP contribution >= 0.6 is 0 Å². The molecule has 0 unspecified atom stereocenters. The van der Waals surface area contributed by atoms with E-state index >= 15 is 0 Å². The first-order valence-electron chi connectivity index (χ1n) is 8.75. The maximum atomic E-state index is 12.9. The first kappa shape index (κ1) is 15.7. The molecule has 1 aromatic heterocycles. The number of hydrogen-bond donors (Lipinski definition) is 0.